The number of aryl methyl sites for hydroxylation is 1. The van der Waals surface area contributed by atoms with Gasteiger partial charge in [-0.2, -0.15) is 4.31 Å². The zero-order valence-electron chi connectivity index (χ0n) is 20.4. The molecule has 2 fully saturated rings. The zero-order chi connectivity index (χ0) is 24.1. The topological polar surface area (TPSA) is 100 Å². The monoisotopic (exact) mass is 490 g/mol. The summed E-state index contributed by atoms with van der Waals surface area (Å²) in [6, 6.07) is 5.60. The molecule has 1 aliphatic heterocycles. The molecule has 1 aromatic heterocycles. The SMILES string of the molecule is CCCn1nnc2cc(S(=O)(=O)N3CCC[C@H](C(=O)NCCN(C)C4CCCCC4)C3)ccc21. The molecule has 188 valence electrons. The van der Waals surface area contributed by atoms with Crippen LogP contribution in [0.5, 0.6) is 0 Å². The average Bonchev–Trinajstić information content (AvgIpc) is 3.27. The molecule has 1 atom stereocenters. The lowest BCUT2D eigenvalue weighted by Crippen LogP contribution is -2.47. The number of piperidine rings is 1. The Kier molecular flexibility index (Phi) is 8.21. The van der Waals surface area contributed by atoms with Crippen molar-refractivity contribution in [2.75, 3.05) is 33.2 Å². The third-order valence-electron chi connectivity index (χ3n) is 7.28. The summed E-state index contributed by atoms with van der Waals surface area (Å²) in [5.74, 6) is -0.368. The highest BCUT2D eigenvalue weighted by molar-refractivity contribution is 7.89. The third-order valence-corrected chi connectivity index (χ3v) is 9.14. The fourth-order valence-electron chi connectivity index (χ4n) is 5.22. The summed E-state index contributed by atoms with van der Waals surface area (Å²) < 4.78 is 29.9. The summed E-state index contributed by atoms with van der Waals surface area (Å²) in [6.45, 7) is 4.86. The molecule has 0 unspecified atom stereocenters. The fraction of sp³-hybridized carbons (Fsp3) is 0.708. The van der Waals surface area contributed by atoms with Gasteiger partial charge in [0.05, 0.1) is 16.3 Å². The van der Waals surface area contributed by atoms with Gasteiger partial charge < -0.3 is 10.2 Å². The number of amides is 1. The average molecular weight is 491 g/mol. The van der Waals surface area contributed by atoms with Gasteiger partial charge in [-0.3, -0.25) is 4.79 Å². The molecule has 1 amide bonds. The van der Waals surface area contributed by atoms with Crippen molar-refractivity contribution >= 4 is 27.0 Å². The lowest BCUT2D eigenvalue weighted by Gasteiger charge is -2.32. The van der Waals surface area contributed by atoms with Crippen LogP contribution in [0.15, 0.2) is 23.1 Å². The van der Waals surface area contributed by atoms with Crippen molar-refractivity contribution < 1.29 is 13.2 Å². The summed E-state index contributed by atoms with van der Waals surface area (Å²) in [5, 5.41) is 11.3. The summed E-state index contributed by atoms with van der Waals surface area (Å²) in [4.78, 5) is 15.4. The number of rotatable bonds is 9. The zero-order valence-corrected chi connectivity index (χ0v) is 21.3. The molecule has 1 aliphatic carbocycles. The number of fused-ring (bicyclic) bond motifs is 1. The second-order valence-corrected chi connectivity index (χ2v) is 11.7. The third kappa shape index (κ3) is 5.60. The van der Waals surface area contributed by atoms with E-state index in [1.54, 1.807) is 22.9 Å². The largest absolute Gasteiger partial charge is 0.355 e. The van der Waals surface area contributed by atoms with Gasteiger partial charge >= 0.3 is 0 Å². The molecule has 1 saturated carbocycles. The number of nitrogens with one attached hydrogen (secondary N) is 1. The predicted molar refractivity (Wildman–Crippen MR) is 132 cm³/mol. The van der Waals surface area contributed by atoms with Gasteiger partial charge in [-0.15, -0.1) is 5.10 Å². The van der Waals surface area contributed by atoms with E-state index in [9.17, 15) is 13.2 Å². The molecule has 1 aromatic carbocycles. The number of nitrogens with zero attached hydrogens (tertiary/aromatic N) is 5. The number of likely N-dealkylation sites (N-methyl/N-ethyl adjacent to an activating group) is 1. The van der Waals surface area contributed by atoms with Gasteiger partial charge in [0.1, 0.15) is 5.52 Å². The lowest BCUT2D eigenvalue weighted by atomic mass is 9.94. The molecule has 0 bridgehead atoms. The van der Waals surface area contributed by atoms with Crippen molar-refractivity contribution in [3.63, 3.8) is 0 Å². The summed E-state index contributed by atoms with van der Waals surface area (Å²) >= 11 is 0. The Hall–Kier alpha value is -2.04. The summed E-state index contributed by atoms with van der Waals surface area (Å²) in [6.07, 6.45) is 8.69. The molecule has 10 heteroatoms. The molecule has 2 heterocycles. The van der Waals surface area contributed by atoms with E-state index in [0.29, 0.717) is 37.5 Å². The van der Waals surface area contributed by atoms with Crippen molar-refractivity contribution in [2.24, 2.45) is 5.92 Å². The van der Waals surface area contributed by atoms with E-state index in [1.165, 1.54) is 36.4 Å². The normalized spacial score (nSPS) is 20.7. The van der Waals surface area contributed by atoms with Crippen LogP contribution in [-0.2, 0) is 21.4 Å². The number of hydrogen-bond donors (Lipinski definition) is 1. The second-order valence-electron chi connectivity index (χ2n) is 9.73. The highest BCUT2D eigenvalue weighted by atomic mass is 32.2. The molecule has 0 radical (unpaired) electrons. The Labute approximate surface area is 202 Å². The number of hydrogen-bond acceptors (Lipinski definition) is 6. The first-order chi connectivity index (χ1) is 16.4. The Morgan fingerprint density at radius 3 is 2.74 bits per heavy atom. The van der Waals surface area contributed by atoms with Crippen LogP contribution in [0, 0.1) is 5.92 Å². The molecule has 0 spiro atoms. The van der Waals surface area contributed by atoms with Gasteiger partial charge in [-0.25, -0.2) is 13.1 Å². The maximum Gasteiger partial charge on any atom is 0.243 e. The van der Waals surface area contributed by atoms with Crippen LogP contribution in [-0.4, -0.2) is 77.8 Å². The Bertz CT molecular complexity index is 1080. The van der Waals surface area contributed by atoms with Crippen LogP contribution in [0.1, 0.15) is 58.3 Å². The second kappa shape index (κ2) is 11.1. The molecular weight excluding hydrogens is 452 g/mol. The van der Waals surface area contributed by atoms with Crippen LogP contribution in [0.3, 0.4) is 0 Å². The minimum absolute atomic E-state index is 0.0464. The van der Waals surface area contributed by atoms with Crippen LogP contribution in [0.2, 0.25) is 0 Å². The highest BCUT2D eigenvalue weighted by Crippen LogP contribution is 2.26. The number of aromatic nitrogens is 3. The molecule has 1 N–H and O–H groups in total. The Morgan fingerprint density at radius 2 is 1.97 bits per heavy atom. The van der Waals surface area contributed by atoms with E-state index in [4.69, 9.17) is 0 Å². The van der Waals surface area contributed by atoms with E-state index in [0.717, 1.165) is 25.0 Å². The standard InChI is InChI=1S/C24H38N6O3S/c1-3-14-30-23-12-11-21(17-22(23)26-27-30)34(32,33)29-15-7-8-19(18-29)24(31)25-13-16-28(2)20-9-5-4-6-10-20/h11-12,17,19-20H,3-10,13-16,18H2,1-2H3,(H,25,31)/t19-/m0/s1. The van der Waals surface area contributed by atoms with Crippen molar-refractivity contribution in [1.82, 2.24) is 29.5 Å². The smallest absolute Gasteiger partial charge is 0.243 e. The molecule has 2 aliphatic rings. The van der Waals surface area contributed by atoms with Crippen LogP contribution in [0.4, 0.5) is 0 Å². The fourth-order valence-corrected chi connectivity index (χ4v) is 6.76. The minimum Gasteiger partial charge on any atom is -0.355 e. The highest BCUT2D eigenvalue weighted by Gasteiger charge is 2.33. The minimum atomic E-state index is -3.70. The van der Waals surface area contributed by atoms with Gasteiger partial charge in [0.25, 0.3) is 0 Å². The summed E-state index contributed by atoms with van der Waals surface area (Å²) in [5.41, 5.74) is 1.40. The molecule has 9 nitrogen and oxygen atoms in total. The molecule has 4 rings (SSSR count). The van der Waals surface area contributed by atoms with Crippen molar-refractivity contribution in [3.8, 4) is 0 Å². The predicted octanol–water partition coefficient (Wildman–Crippen LogP) is 2.62. The first-order valence-electron chi connectivity index (χ1n) is 12.7. The van der Waals surface area contributed by atoms with Gasteiger partial charge in [-0.05, 0) is 57.4 Å². The van der Waals surface area contributed by atoms with Crippen LogP contribution >= 0.6 is 0 Å². The van der Waals surface area contributed by atoms with E-state index in [1.807, 2.05) is 0 Å². The van der Waals surface area contributed by atoms with Gasteiger partial charge in [-0.1, -0.05) is 31.4 Å². The van der Waals surface area contributed by atoms with E-state index >= 15 is 0 Å². The van der Waals surface area contributed by atoms with Crippen molar-refractivity contribution in [1.29, 1.82) is 0 Å². The molecule has 2 aromatic rings. The molecular formula is C24H38N6O3S. The van der Waals surface area contributed by atoms with Gasteiger partial charge in [0.15, 0.2) is 0 Å². The molecule has 34 heavy (non-hydrogen) atoms. The van der Waals surface area contributed by atoms with E-state index in [-0.39, 0.29) is 23.3 Å². The first kappa shape index (κ1) is 25.1. The maximum atomic E-state index is 13.3. The Morgan fingerprint density at radius 1 is 1.18 bits per heavy atom. The molecule has 1 saturated heterocycles. The first-order valence-corrected chi connectivity index (χ1v) is 14.2. The number of carbonyl (C=O) groups excluding carboxylic acids is 1. The van der Waals surface area contributed by atoms with Crippen molar-refractivity contribution in [3.05, 3.63) is 18.2 Å². The van der Waals surface area contributed by atoms with Gasteiger partial charge in [0.2, 0.25) is 15.9 Å². The van der Waals surface area contributed by atoms with E-state index < -0.39 is 10.0 Å². The van der Waals surface area contributed by atoms with E-state index in [2.05, 4.69) is 34.5 Å². The van der Waals surface area contributed by atoms with Gasteiger partial charge in [0, 0.05) is 38.8 Å². The maximum absolute atomic E-state index is 13.3. The number of carbonyl (C=O) groups is 1. The number of sulfonamides is 1. The lowest BCUT2D eigenvalue weighted by molar-refractivity contribution is -0.126. The quantitative estimate of drug-likeness (QED) is 0.580. The van der Waals surface area contributed by atoms with Crippen LogP contribution < -0.4 is 5.32 Å². The summed E-state index contributed by atoms with van der Waals surface area (Å²) in [7, 11) is -1.57. The van der Waals surface area contributed by atoms with Crippen molar-refractivity contribution in [2.45, 2.75) is 75.8 Å². The van der Waals surface area contributed by atoms with Crippen LogP contribution in [0.25, 0.3) is 11.0 Å². The Balaban J connectivity index is 1.34. The number of benzene rings is 1.